The number of aryl methyl sites for hydroxylation is 2. The van der Waals surface area contributed by atoms with Gasteiger partial charge in [-0.25, -0.2) is 0 Å². The van der Waals surface area contributed by atoms with Gasteiger partial charge in [-0.1, -0.05) is 65.7 Å². The first-order valence-electron chi connectivity index (χ1n) is 8.19. The molecular formula is C23H22O. The minimum atomic E-state index is 0.308. The Morgan fingerprint density at radius 1 is 0.792 bits per heavy atom. The molecule has 3 rings (SSSR count). The standard InChI is InChI=1S/C23H22O/c1-4-5-20-14-22(19-12-8-17(3)9-13-19)23(24)15-21(20)18-10-6-16(2)7-11-18/h4,6-15,24H,1,5H2,2-3H3. The van der Waals surface area contributed by atoms with Gasteiger partial charge in [0.15, 0.2) is 0 Å². The molecule has 3 aromatic carbocycles. The third-order valence-corrected chi connectivity index (χ3v) is 4.31. The molecule has 0 saturated carbocycles. The molecule has 0 saturated heterocycles. The lowest BCUT2D eigenvalue weighted by molar-refractivity contribution is 0.477. The molecule has 0 bridgehead atoms. The third kappa shape index (κ3) is 3.26. The van der Waals surface area contributed by atoms with Crippen LogP contribution in [-0.4, -0.2) is 5.11 Å². The number of hydrogen-bond acceptors (Lipinski definition) is 1. The summed E-state index contributed by atoms with van der Waals surface area (Å²) in [4.78, 5) is 0. The van der Waals surface area contributed by atoms with E-state index in [-0.39, 0.29) is 0 Å². The van der Waals surface area contributed by atoms with Crippen molar-refractivity contribution in [2.45, 2.75) is 20.3 Å². The first-order chi connectivity index (χ1) is 11.6. The second kappa shape index (κ2) is 6.76. The van der Waals surface area contributed by atoms with Gasteiger partial charge in [-0.3, -0.25) is 0 Å². The molecule has 0 heterocycles. The molecule has 0 fully saturated rings. The zero-order valence-corrected chi connectivity index (χ0v) is 14.2. The van der Waals surface area contributed by atoms with E-state index >= 15 is 0 Å². The highest BCUT2D eigenvalue weighted by Crippen LogP contribution is 2.36. The van der Waals surface area contributed by atoms with Crippen LogP contribution in [0.1, 0.15) is 16.7 Å². The monoisotopic (exact) mass is 314 g/mol. The summed E-state index contributed by atoms with van der Waals surface area (Å²) in [6, 6.07) is 20.6. The molecule has 0 aliphatic carbocycles. The highest BCUT2D eigenvalue weighted by molar-refractivity contribution is 5.79. The van der Waals surface area contributed by atoms with Crippen LogP contribution in [0.2, 0.25) is 0 Å². The Morgan fingerprint density at radius 3 is 1.79 bits per heavy atom. The Morgan fingerprint density at radius 2 is 1.29 bits per heavy atom. The number of phenols is 1. The Labute approximate surface area is 143 Å². The van der Waals surface area contributed by atoms with Gasteiger partial charge in [0, 0.05) is 5.56 Å². The number of allylic oxidation sites excluding steroid dienone is 1. The average molecular weight is 314 g/mol. The van der Waals surface area contributed by atoms with Gasteiger partial charge in [0.05, 0.1) is 0 Å². The van der Waals surface area contributed by atoms with E-state index in [2.05, 4.69) is 62.9 Å². The maximum absolute atomic E-state index is 10.6. The number of hydrogen-bond donors (Lipinski definition) is 1. The molecule has 24 heavy (non-hydrogen) atoms. The fraction of sp³-hybridized carbons (Fsp3) is 0.130. The number of phenolic OH excluding ortho intramolecular Hbond substituents is 1. The molecule has 1 N–H and O–H groups in total. The molecule has 0 aliphatic heterocycles. The number of benzene rings is 3. The van der Waals surface area contributed by atoms with Crippen molar-refractivity contribution in [2.24, 2.45) is 0 Å². The molecule has 0 spiro atoms. The first-order valence-corrected chi connectivity index (χ1v) is 8.19. The minimum Gasteiger partial charge on any atom is -0.507 e. The van der Waals surface area contributed by atoms with Crippen molar-refractivity contribution in [2.75, 3.05) is 0 Å². The van der Waals surface area contributed by atoms with Crippen LogP contribution < -0.4 is 0 Å². The zero-order chi connectivity index (χ0) is 17.1. The van der Waals surface area contributed by atoms with E-state index in [1.165, 1.54) is 16.7 Å². The van der Waals surface area contributed by atoms with Gasteiger partial charge in [0.25, 0.3) is 0 Å². The normalized spacial score (nSPS) is 10.6. The van der Waals surface area contributed by atoms with Crippen molar-refractivity contribution in [3.8, 4) is 28.0 Å². The van der Waals surface area contributed by atoms with E-state index in [4.69, 9.17) is 0 Å². The molecule has 0 unspecified atom stereocenters. The topological polar surface area (TPSA) is 20.2 Å². The van der Waals surface area contributed by atoms with Gasteiger partial charge >= 0.3 is 0 Å². The number of rotatable bonds is 4. The van der Waals surface area contributed by atoms with Gasteiger partial charge in [0.1, 0.15) is 5.75 Å². The predicted octanol–water partition coefficient (Wildman–Crippen LogP) is 6.07. The van der Waals surface area contributed by atoms with Crippen LogP contribution in [-0.2, 0) is 6.42 Å². The maximum Gasteiger partial charge on any atom is 0.124 e. The maximum atomic E-state index is 10.6. The molecule has 3 aromatic rings. The summed E-state index contributed by atoms with van der Waals surface area (Å²) in [7, 11) is 0. The smallest absolute Gasteiger partial charge is 0.124 e. The van der Waals surface area contributed by atoms with E-state index in [9.17, 15) is 5.11 Å². The van der Waals surface area contributed by atoms with Crippen molar-refractivity contribution in [1.82, 2.24) is 0 Å². The molecule has 1 nitrogen and oxygen atoms in total. The second-order valence-electron chi connectivity index (χ2n) is 6.25. The summed E-state index contributed by atoms with van der Waals surface area (Å²) >= 11 is 0. The van der Waals surface area contributed by atoms with Crippen LogP contribution in [0.3, 0.4) is 0 Å². The molecule has 0 atom stereocenters. The molecule has 0 aliphatic rings. The average Bonchev–Trinajstić information content (AvgIpc) is 2.58. The lowest BCUT2D eigenvalue weighted by atomic mass is 9.92. The highest BCUT2D eigenvalue weighted by Gasteiger charge is 2.12. The van der Waals surface area contributed by atoms with Crippen LogP contribution in [0.25, 0.3) is 22.3 Å². The fourth-order valence-corrected chi connectivity index (χ4v) is 2.92. The van der Waals surface area contributed by atoms with E-state index in [0.29, 0.717) is 5.75 Å². The Hall–Kier alpha value is -2.80. The van der Waals surface area contributed by atoms with Crippen LogP contribution >= 0.6 is 0 Å². The first kappa shape index (κ1) is 16.1. The summed E-state index contributed by atoms with van der Waals surface area (Å²) < 4.78 is 0. The largest absolute Gasteiger partial charge is 0.507 e. The molecule has 0 aromatic heterocycles. The van der Waals surface area contributed by atoms with Crippen molar-refractivity contribution in [3.05, 3.63) is 90.0 Å². The molecule has 0 radical (unpaired) electrons. The van der Waals surface area contributed by atoms with E-state index in [1.807, 2.05) is 24.3 Å². The molecular weight excluding hydrogens is 292 g/mol. The SMILES string of the molecule is C=CCc1cc(-c2ccc(C)cc2)c(O)cc1-c1ccc(C)cc1. The zero-order valence-electron chi connectivity index (χ0n) is 14.2. The fourth-order valence-electron chi connectivity index (χ4n) is 2.92. The molecule has 120 valence electrons. The number of aromatic hydroxyl groups is 1. The Bertz CT molecular complexity index is 856. The van der Waals surface area contributed by atoms with Gasteiger partial charge in [-0.15, -0.1) is 6.58 Å². The van der Waals surface area contributed by atoms with Crippen LogP contribution in [0.5, 0.6) is 5.75 Å². The van der Waals surface area contributed by atoms with Gasteiger partial charge < -0.3 is 5.11 Å². The summed E-state index contributed by atoms with van der Waals surface area (Å²) in [5.74, 6) is 0.308. The Kier molecular flexibility index (Phi) is 4.52. The Balaban J connectivity index is 2.14. The van der Waals surface area contributed by atoms with Gasteiger partial charge in [-0.2, -0.15) is 0 Å². The second-order valence-corrected chi connectivity index (χ2v) is 6.25. The van der Waals surface area contributed by atoms with Gasteiger partial charge in [0.2, 0.25) is 0 Å². The van der Waals surface area contributed by atoms with Crippen molar-refractivity contribution in [3.63, 3.8) is 0 Å². The lowest BCUT2D eigenvalue weighted by Gasteiger charge is -2.14. The summed E-state index contributed by atoms with van der Waals surface area (Å²) in [5.41, 5.74) is 7.67. The van der Waals surface area contributed by atoms with Crippen molar-refractivity contribution in [1.29, 1.82) is 0 Å². The molecule has 0 amide bonds. The summed E-state index contributed by atoms with van der Waals surface area (Å²) in [5, 5.41) is 10.6. The molecule has 1 heteroatoms. The van der Waals surface area contributed by atoms with Crippen molar-refractivity contribution >= 4 is 0 Å². The highest BCUT2D eigenvalue weighted by atomic mass is 16.3. The third-order valence-electron chi connectivity index (χ3n) is 4.31. The van der Waals surface area contributed by atoms with E-state index in [0.717, 1.165) is 28.7 Å². The van der Waals surface area contributed by atoms with E-state index < -0.39 is 0 Å². The quantitative estimate of drug-likeness (QED) is 0.579. The summed E-state index contributed by atoms with van der Waals surface area (Å²) in [6.45, 7) is 8.02. The lowest BCUT2D eigenvalue weighted by Crippen LogP contribution is -1.91. The van der Waals surface area contributed by atoms with Crippen LogP contribution in [0.4, 0.5) is 0 Å². The van der Waals surface area contributed by atoms with Crippen LogP contribution in [0, 0.1) is 13.8 Å². The predicted molar refractivity (Wildman–Crippen MR) is 102 cm³/mol. The minimum absolute atomic E-state index is 0.308. The van der Waals surface area contributed by atoms with Gasteiger partial charge in [-0.05, 0) is 54.7 Å². The van der Waals surface area contributed by atoms with Crippen molar-refractivity contribution < 1.29 is 5.11 Å². The summed E-state index contributed by atoms with van der Waals surface area (Å²) in [6.07, 6.45) is 2.67. The van der Waals surface area contributed by atoms with E-state index in [1.54, 1.807) is 0 Å². The van der Waals surface area contributed by atoms with Crippen LogP contribution in [0.15, 0.2) is 73.3 Å².